The molecular formula is C22H31IN4O2. The third-order valence-corrected chi connectivity index (χ3v) is 3.77. The largest absolute Gasteiger partial charge is 0.492 e. The van der Waals surface area contributed by atoms with Gasteiger partial charge >= 0.3 is 0 Å². The predicted octanol–water partition coefficient (Wildman–Crippen LogP) is 3.58. The van der Waals surface area contributed by atoms with E-state index in [1.807, 2.05) is 75.4 Å². The van der Waals surface area contributed by atoms with Crippen LogP contribution in [0.4, 0.5) is 0 Å². The number of rotatable bonds is 7. The molecule has 0 aliphatic rings. The summed E-state index contributed by atoms with van der Waals surface area (Å²) in [5.41, 5.74) is 1.39. The average Bonchev–Trinajstić information content (AvgIpc) is 2.67. The van der Waals surface area contributed by atoms with Crippen LogP contribution >= 0.6 is 24.0 Å². The third-order valence-electron chi connectivity index (χ3n) is 3.77. The van der Waals surface area contributed by atoms with Gasteiger partial charge in [-0.25, -0.2) is 0 Å². The molecule has 0 heterocycles. The zero-order chi connectivity index (χ0) is 20.4. The molecule has 3 N–H and O–H groups in total. The van der Waals surface area contributed by atoms with Crippen molar-refractivity contribution in [3.05, 3.63) is 65.7 Å². The van der Waals surface area contributed by atoms with Crippen LogP contribution in [0.25, 0.3) is 0 Å². The smallest absolute Gasteiger partial charge is 0.251 e. The Kier molecular flexibility index (Phi) is 10.5. The van der Waals surface area contributed by atoms with Gasteiger partial charge in [-0.05, 0) is 50.6 Å². The highest BCUT2D eigenvalue weighted by Crippen LogP contribution is 2.09. The monoisotopic (exact) mass is 510 g/mol. The van der Waals surface area contributed by atoms with Crippen molar-refractivity contribution in [1.82, 2.24) is 16.0 Å². The summed E-state index contributed by atoms with van der Waals surface area (Å²) in [6.07, 6.45) is 0. The molecule has 2 aromatic carbocycles. The van der Waals surface area contributed by atoms with Crippen LogP contribution in [0.15, 0.2) is 59.6 Å². The minimum atomic E-state index is -0.265. The molecular weight excluding hydrogens is 479 g/mol. The van der Waals surface area contributed by atoms with Crippen molar-refractivity contribution >= 4 is 35.8 Å². The molecule has 0 fully saturated rings. The van der Waals surface area contributed by atoms with Crippen LogP contribution < -0.4 is 20.7 Å². The number of guanidine groups is 1. The number of hydrogen-bond donors (Lipinski definition) is 3. The molecule has 2 aromatic rings. The highest BCUT2D eigenvalue weighted by molar-refractivity contribution is 14.0. The van der Waals surface area contributed by atoms with E-state index in [0.717, 1.165) is 11.3 Å². The Balaban J connectivity index is 0.00000420. The fourth-order valence-corrected chi connectivity index (χ4v) is 2.50. The van der Waals surface area contributed by atoms with Crippen molar-refractivity contribution in [2.24, 2.45) is 4.99 Å². The number of ether oxygens (including phenoxy) is 1. The van der Waals surface area contributed by atoms with Crippen LogP contribution in [0.2, 0.25) is 0 Å². The Morgan fingerprint density at radius 1 is 1.03 bits per heavy atom. The maximum Gasteiger partial charge on any atom is 0.251 e. The fraction of sp³-hybridized carbons (Fsp3) is 0.364. The van der Waals surface area contributed by atoms with Crippen molar-refractivity contribution in [3.8, 4) is 5.75 Å². The molecule has 0 aromatic heterocycles. The van der Waals surface area contributed by atoms with E-state index in [1.54, 1.807) is 7.05 Å². The Bertz CT molecular complexity index is 789. The van der Waals surface area contributed by atoms with Gasteiger partial charge in [0.05, 0.1) is 6.54 Å². The van der Waals surface area contributed by atoms with Crippen LogP contribution in [0, 0.1) is 0 Å². The van der Waals surface area contributed by atoms with Crippen molar-refractivity contribution in [3.63, 3.8) is 0 Å². The van der Waals surface area contributed by atoms with Crippen LogP contribution in [-0.4, -0.2) is 37.6 Å². The second-order valence-corrected chi connectivity index (χ2v) is 7.42. The van der Waals surface area contributed by atoms with Gasteiger partial charge in [0, 0.05) is 24.7 Å². The molecule has 1 amide bonds. The van der Waals surface area contributed by atoms with Gasteiger partial charge in [-0.15, -0.1) is 24.0 Å². The lowest BCUT2D eigenvalue weighted by atomic mass is 10.1. The molecule has 7 heteroatoms. The van der Waals surface area contributed by atoms with Crippen LogP contribution in [-0.2, 0) is 6.54 Å². The van der Waals surface area contributed by atoms with Gasteiger partial charge in [0.2, 0.25) is 0 Å². The molecule has 0 atom stereocenters. The van der Waals surface area contributed by atoms with Crippen molar-refractivity contribution in [2.45, 2.75) is 32.9 Å². The molecule has 0 spiro atoms. The minimum absolute atomic E-state index is 0. The molecule has 158 valence electrons. The summed E-state index contributed by atoms with van der Waals surface area (Å²) in [4.78, 5) is 16.5. The number of carbonyl (C=O) groups excluding carboxylic acids is 1. The first-order valence-corrected chi connectivity index (χ1v) is 9.41. The van der Waals surface area contributed by atoms with Crippen molar-refractivity contribution in [2.75, 3.05) is 20.2 Å². The number of benzene rings is 2. The molecule has 0 radical (unpaired) electrons. The summed E-state index contributed by atoms with van der Waals surface area (Å²) in [6.45, 7) is 7.63. The summed E-state index contributed by atoms with van der Waals surface area (Å²) in [5, 5.41) is 9.44. The van der Waals surface area contributed by atoms with Gasteiger partial charge < -0.3 is 20.7 Å². The molecule has 0 unspecified atom stereocenters. The first-order chi connectivity index (χ1) is 13.4. The van der Waals surface area contributed by atoms with Crippen LogP contribution in [0.3, 0.4) is 0 Å². The van der Waals surface area contributed by atoms with E-state index in [-0.39, 0.29) is 35.4 Å². The molecule has 0 bridgehead atoms. The molecule has 29 heavy (non-hydrogen) atoms. The van der Waals surface area contributed by atoms with Gasteiger partial charge in [0.25, 0.3) is 5.91 Å². The van der Waals surface area contributed by atoms with Crippen molar-refractivity contribution < 1.29 is 9.53 Å². The summed E-state index contributed by atoms with van der Waals surface area (Å²) in [7, 11) is 1.72. The minimum Gasteiger partial charge on any atom is -0.492 e. The Morgan fingerprint density at radius 3 is 2.41 bits per heavy atom. The highest BCUT2D eigenvalue weighted by Gasteiger charge is 2.15. The Morgan fingerprint density at radius 2 is 1.76 bits per heavy atom. The van der Waals surface area contributed by atoms with Crippen LogP contribution in [0.1, 0.15) is 36.7 Å². The normalized spacial score (nSPS) is 11.2. The lowest BCUT2D eigenvalue weighted by Crippen LogP contribution is -2.40. The number of halogens is 1. The predicted molar refractivity (Wildman–Crippen MR) is 129 cm³/mol. The van der Waals surface area contributed by atoms with E-state index in [2.05, 4.69) is 20.9 Å². The second-order valence-electron chi connectivity index (χ2n) is 7.42. The highest BCUT2D eigenvalue weighted by atomic mass is 127. The number of para-hydroxylation sites is 1. The van der Waals surface area contributed by atoms with E-state index < -0.39 is 0 Å². The summed E-state index contributed by atoms with van der Waals surface area (Å²) < 4.78 is 5.66. The van der Waals surface area contributed by atoms with Gasteiger partial charge in [-0.3, -0.25) is 9.79 Å². The van der Waals surface area contributed by atoms with E-state index in [4.69, 9.17) is 4.74 Å². The van der Waals surface area contributed by atoms with Gasteiger partial charge in [-0.1, -0.05) is 30.3 Å². The summed E-state index contributed by atoms with van der Waals surface area (Å²) in [6, 6.07) is 17.3. The van der Waals surface area contributed by atoms with Gasteiger partial charge in [-0.2, -0.15) is 0 Å². The van der Waals surface area contributed by atoms with E-state index >= 15 is 0 Å². The zero-order valence-electron chi connectivity index (χ0n) is 17.5. The van der Waals surface area contributed by atoms with Crippen molar-refractivity contribution in [1.29, 1.82) is 0 Å². The van der Waals surface area contributed by atoms with Crippen LogP contribution in [0.5, 0.6) is 5.75 Å². The lowest BCUT2D eigenvalue weighted by molar-refractivity contribution is 0.0919. The lowest BCUT2D eigenvalue weighted by Gasteiger charge is -2.20. The Labute approximate surface area is 190 Å². The van der Waals surface area contributed by atoms with Gasteiger partial charge in [0.15, 0.2) is 5.96 Å². The maximum atomic E-state index is 12.3. The first-order valence-electron chi connectivity index (χ1n) is 9.41. The average molecular weight is 510 g/mol. The quantitative estimate of drug-likeness (QED) is 0.231. The Hall–Kier alpha value is -2.29. The SMILES string of the molecule is CN=C(NCCOc1ccccc1)NCc1cccc(C(=O)NC(C)(C)C)c1.I. The standard InChI is InChI=1S/C22H30N4O2.HI/c1-22(2,3)26-20(27)18-10-8-9-17(15-18)16-25-21(23-4)24-13-14-28-19-11-6-5-7-12-19;/h5-12,15H,13-14,16H2,1-4H3,(H,26,27)(H2,23,24,25);1H. The first kappa shape index (κ1) is 24.7. The molecule has 0 saturated heterocycles. The second kappa shape index (κ2) is 12.3. The number of nitrogens with one attached hydrogen (secondary N) is 3. The number of nitrogens with zero attached hydrogens (tertiary/aromatic N) is 1. The molecule has 2 rings (SSSR count). The van der Waals surface area contributed by atoms with Gasteiger partial charge in [0.1, 0.15) is 12.4 Å². The molecule has 0 aliphatic carbocycles. The summed E-state index contributed by atoms with van der Waals surface area (Å²) >= 11 is 0. The number of amides is 1. The molecule has 0 saturated carbocycles. The van der Waals surface area contributed by atoms with E-state index in [1.165, 1.54) is 0 Å². The molecule has 6 nitrogen and oxygen atoms in total. The van der Waals surface area contributed by atoms with E-state index in [0.29, 0.717) is 31.2 Å². The fourth-order valence-electron chi connectivity index (χ4n) is 2.50. The third kappa shape index (κ3) is 9.65. The number of hydrogen-bond acceptors (Lipinski definition) is 3. The maximum absolute atomic E-state index is 12.3. The number of carbonyl (C=O) groups is 1. The van der Waals surface area contributed by atoms with E-state index in [9.17, 15) is 4.79 Å². The zero-order valence-corrected chi connectivity index (χ0v) is 19.8. The topological polar surface area (TPSA) is 74.8 Å². The molecule has 0 aliphatic heterocycles. The summed E-state index contributed by atoms with van der Waals surface area (Å²) in [5.74, 6) is 1.45. The number of aliphatic imine (C=N–C) groups is 1.